The van der Waals surface area contributed by atoms with Crippen molar-refractivity contribution in [3.05, 3.63) is 65.0 Å². The van der Waals surface area contributed by atoms with Gasteiger partial charge >= 0.3 is 0 Å². The Hall–Kier alpha value is -1.68. The van der Waals surface area contributed by atoms with Crippen LogP contribution in [-0.2, 0) is 0 Å². The maximum absolute atomic E-state index is 13.6. The van der Waals surface area contributed by atoms with E-state index in [0.29, 0.717) is 5.56 Å². The Morgan fingerprint density at radius 1 is 1.00 bits per heavy atom. The predicted octanol–water partition coefficient (Wildman–Crippen LogP) is 4.44. The molecule has 0 aliphatic carbocycles. The van der Waals surface area contributed by atoms with Crippen LogP contribution in [0, 0.1) is 17.5 Å². The van der Waals surface area contributed by atoms with Crippen LogP contribution in [0.5, 0.6) is 5.75 Å². The zero-order chi connectivity index (χ0) is 14.0. The molecule has 1 atom stereocenters. The maximum atomic E-state index is 13.6. The summed E-state index contributed by atoms with van der Waals surface area (Å²) in [6, 6.07) is 7.14. The lowest BCUT2D eigenvalue weighted by Crippen LogP contribution is -1.99. The third-order valence-corrected chi connectivity index (χ3v) is 3.19. The fourth-order valence-corrected chi connectivity index (χ4v) is 2.03. The van der Waals surface area contributed by atoms with Crippen LogP contribution in [0.25, 0.3) is 0 Å². The summed E-state index contributed by atoms with van der Waals surface area (Å²) >= 11 is 6.13. The minimum absolute atomic E-state index is 0.0191. The van der Waals surface area contributed by atoms with Crippen LogP contribution < -0.4 is 4.74 Å². The highest BCUT2D eigenvalue weighted by Gasteiger charge is 2.17. The molecule has 0 saturated heterocycles. The van der Waals surface area contributed by atoms with E-state index in [0.717, 1.165) is 12.1 Å². The monoisotopic (exact) mass is 286 g/mol. The van der Waals surface area contributed by atoms with Crippen molar-refractivity contribution in [2.45, 2.75) is 5.38 Å². The van der Waals surface area contributed by atoms with E-state index in [4.69, 9.17) is 16.3 Å². The quantitative estimate of drug-likeness (QED) is 0.758. The van der Waals surface area contributed by atoms with E-state index < -0.39 is 22.8 Å². The van der Waals surface area contributed by atoms with Gasteiger partial charge in [0.2, 0.25) is 0 Å². The Bertz CT molecular complexity index is 601. The van der Waals surface area contributed by atoms with Gasteiger partial charge in [0, 0.05) is 11.6 Å². The number of halogens is 4. The van der Waals surface area contributed by atoms with Gasteiger partial charge in [-0.3, -0.25) is 0 Å². The second-order valence-electron chi connectivity index (χ2n) is 3.92. The predicted molar refractivity (Wildman–Crippen MR) is 67.0 cm³/mol. The molecule has 0 N–H and O–H groups in total. The molecular weight excluding hydrogens is 277 g/mol. The van der Waals surface area contributed by atoms with Crippen LogP contribution in [0.1, 0.15) is 16.5 Å². The van der Waals surface area contributed by atoms with E-state index in [9.17, 15) is 13.2 Å². The highest BCUT2D eigenvalue weighted by molar-refractivity contribution is 6.22. The molecule has 0 bridgehead atoms. The molecule has 2 aromatic rings. The third-order valence-electron chi connectivity index (χ3n) is 2.70. The normalized spacial score (nSPS) is 12.3. The molecule has 2 aromatic carbocycles. The molecule has 2 rings (SSSR count). The van der Waals surface area contributed by atoms with Crippen molar-refractivity contribution in [3.8, 4) is 5.75 Å². The van der Waals surface area contributed by atoms with Gasteiger partial charge < -0.3 is 4.74 Å². The van der Waals surface area contributed by atoms with Gasteiger partial charge in [-0.05, 0) is 23.8 Å². The molecule has 100 valence electrons. The lowest BCUT2D eigenvalue weighted by Gasteiger charge is -2.13. The van der Waals surface area contributed by atoms with E-state index in [2.05, 4.69) is 0 Å². The second kappa shape index (κ2) is 5.53. The van der Waals surface area contributed by atoms with Crippen molar-refractivity contribution >= 4 is 11.6 Å². The molecule has 0 radical (unpaired) electrons. The number of hydrogen-bond acceptors (Lipinski definition) is 1. The van der Waals surface area contributed by atoms with Gasteiger partial charge in [0.1, 0.15) is 11.6 Å². The van der Waals surface area contributed by atoms with Gasteiger partial charge in [0.25, 0.3) is 0 Å². The van der Waals surface area contributed by atoms with Crippen LogP contribution in [0.15, 0.2) is 36.4 Å². The zero-order valence-corrected chi connectivity index (χ0v) is 10.7. The first-order valence-electron chi connectivity index (χ1n) is 5.45. The Morgan fingerprint density at radius 3 is 2.37 bits per heavy atom. The zero-order valence-electron chi connectivity index (χ0n) is 9.96. The minimum atomic E-state index is -0.852. The highest BCUT2D eigenvalue weighted by atomic mass is 35.5. The number of alkyl halides is 1. The first-order valence-corrected chi connectivity index (χ1v) is 5.89. The van der Waals surface area contributed by atoms with E-state index in [1.807, 2.05) is 0 Å². The Kier molecular flexibility index (Phi) is 4.00. The van der Waals surface area contributed by atoms with Gasteiger partial charge in [0.15, 0.2) is 11.6 Å². The molecule has 0 aliphatic rings. The fourth-order valence-electron chi connectivity index (χ4n) is 1.72. The Balaban J connectivity index is 2.40. The number of hydrogen-bond donors (Lipinski definition) is 0. The molecule has 0 amide bonds. The lowest BCUT2D eigenvalue weighted by atomic mass is 10.0. The first-order chi connectivity index (χ1) is 9.02. The molecule has 1 unspecified atom stereocenters. The van der Waals surface area contributed by atoms with Gasteiger partial charge in [0.05, 0.1) is 12.5 Å². The van der Waals surface area contributed by atoms with Crippen LogP contribution in [0.4, 0.5) is 13.2 Å². The van der Waals surface area contributed by atoms with Gasteiger partial charge in [-0.2, -0.15) is 0 Å². The Morgan fingerprint density at radius 2 is 1.74 bits per heavy atom. The first kappa shape index (κ1) is 13.7. The number of ether oxygens (including phenoxy) is 1. The van der Waals surface area contributed by atoms with Crippen molar-refractivity contribution in [3.63, 3.8) is 0 Å². The highest BCUT2D eigenvalue weighted by Crippen LogP contribution is 2.33. The van der Waals surface area contributed by atoms with Crippen molar-refractivity contribution in [2.24, 2.45) is 0 Å². The summed E-state index contributed by atoms with van der Waals surface area (Å²) in [6.07, 6.45) is 0. The van der Waals surface area contributed by atoms with Crippen molar-refractivity contribution < 1.29 is 17.9 Å². The van der Waals surface area contributed by atoms with E-state index >= 15 is 0 Å². The largest absolute Gasteiger partial charge is 0.494 e. The average Bonchev–Trinajstić information content (AvgIpc) is 2.38. The van der Waals surface area contributed by atoms with Gasteiger partial charge in [-0.1, -0.05) is 12.1 Å². The SMILES string of the molecule is COc1cc(C(Cl)c2ccc(F)cc2F)ccc1F. The topological polar surface area (TPSA) is 9.23 Å². The fraction of sp³-hybridized carbons (Fsp3) is 0.143. The van der Waals surface area contributed by atoms with E-state index in [-0.39, 0.29) is 11.3 Å². The second-order valence-corrected chi connectivity index (χ2v) is 4.36. The molecule has 0 fully saturated rings. The maximum Gasteiger partial charge on any atom is 0.165 e. The molecule has 0 aromatic heterocycles. The van der Waals surface area contributed by atoms with Crippen LogP contribution in [0.2, 0.25) is 0 Å². The molecule has 19 heavy (non-hydrogen) atoms. The molecule has 0 heterocycles. The van der Waals surface area contributed by atoms with Crippen LogP contribution in [-0.4, -0.2) is 7.11 Å². The Labute approximate surface area is 113 Å². The van der Waals surface area contributed by atoms with Crippen molar-refractivity contribution in [1.29, 1.82) is 0 Å². The summed E-state index contributed by atoms with van der Waals surface area (Å²) in [5.74, 6) is -1.94. The molecule has 5 heteroatoms. The molecule has 0 spiro atoms. The minimum Gasteiger partial charge on any atom is -0.494 e. The van der Waals surface area contributed by atoms with Crippen LogP contribution >= 0.6 is 11.6 Å². The number of benzene rings is 2. The van der Waals surface area contributed by atoms with Crippen molar-refractivity contribution in [2.75, 3.05) is 7.11 Å². The van der Waals surface area contributed by atoms with E-state index in [1.165, 1.54) is 31.4 Å². The summed E-state index contributed by atoms with van der Waals surface area (Å²) in [5, 5.41) is -0.852. The third kappa shape index (κ3) is 2.84. The number of rotatable bonds is 3. The summed E-state index contributed by atoms with van der Waals surface area (Å²) in [6.45, 7) is 0. The summed E-state index contributed by atoms with van der Waals surface area (Å²) < 4.78 is 44.6. The molecule has 0 saturated carbocycles. The lowest BCUT2D eigenvalue weighted by molar-refractivity contribution is 0.386. The van der Waals surface area contributed by atoms with Crippen LogP contribution in [0.3, 0.4) is 0 Å². The summed E-state index contributed by atoms with van der Waals surface area (Å²) in [4.78, 5) is 0. The smallest absolute Gasteiger partial charge is 0.165 e. The molecule has 0 aliphatic heterocycles. The van der Waals surface area contributed by atoms with Crippen molar-refractivity contribution in [1.82, 2.24) is 0 Å². The average molecular weight is 287 g/mol. The summed E-state index contributed by atoms with van der Waals surface area (Å²) in [7, 11) is 1.32. The van der Waals surface area contributed by atoms with Gasteiger partial charge in [-0.15, -0.1) is 11.6 Å². The molecule has 1 nitrogen and oxygen atoms in total. The van der Waals surface area contributed by atoms with Gasteiger partial charge in [-0.25, -0.2) is 13.2 Å². The number of methoxy groups -OCH3 is 1. The van der Waals surface area contributed by atoms with E-state index in [1.54, 1.807) is 0 Å². The standard InChI is InChI=1S/C14H10ClF3O/c1-19-13-6-8(2-5-11(13)17)14(15)10-4-3-9(16)7-12(10)18/h2-7,14H,1H3. The molecular formula is C14H10ClF3O. The summed E-state index contributed by atoms with van der Waals surface area (Å²) in [5.41, 5.74) is 0.585.